The zero-order valence-electron chi connectivity index (χ0n) is 12.4. The fourth-order valence-corrected chi connectivity index (χ4v) is 2.40. The molecule has 1 aromatic rings. The number of carbonyl (C=O) groups is 2. The first-order valence-corrected chi connectivity index (χ1v) is 8.31. The van der Waals surface area contributed by atoms with Gasteiger partial charge in [0.1, 0.15) is 0 Å². The smallest absolute Gasteiger partial charge is 0.335 e. The van der Waals surface area contributed by atoms with Gasteiger partial charge in [-0.1, -0.05) is 6.42 Å². The summed E-state index contributed by atoms with van der Waals surface area (Å²) in [5.74, 6) is 0.190. The average molecular weight is 310 g/mol. The van der Waals surface area contributed by atoms with Gasteiger partial charge in [-0.15, -0.1) is 0 Å². The Morgan fingerprint density at radius 2 is 2.00 bits per heavy atom. The maximum absolute atomic E-state index is 11.7. The Balaban J connectivity index is 2.34. The molecule has 0 radical (unpaired) electrons. The van der Waals surface area contributed by atoms with E-state index in [0.717, 1.165) is 18.6 Å². The molecule has 0 atom stereocenters. The molecule has 0 aliphatic heterocycles. The molecule has 1 rings (SSSR count). The standard InChI is InChI=1S/C15H22N2O3S/c1-11-10-12(6-7-13(11)14(18)19)17-15(20)16-8-4-3-5-9-21-2/h6-7,10H,3-5,8-9H2,1-2H3,(H,18,19)(H2,16,17,20). The van der Waals surface area contributed by atoms with Crippen molar-refractivity contribution in [2.24, 2.45) is 0 Å². The third kappa shape index (κ3) is 6.53. The highest BCUT2D eigenvalue weighted by molar-refractivity contribution is 7.98. The summed E-state index contributed by atoms with van der Waals surface area (Å²) in [7, 11) is 0. The molecule has 0 heterocycles. The van der Waals surface area contributed by atoms with Crippen LogP contribution in [0.3, 0.4) is 0 Å². The molecular formula is C15H22N2O3S. The van der Waals surface area contributed by atoms with Gasteiger partial charge in [-0.3, -0.25) is 0 Å². The summed E-state index contributed by atoms with van der Waals surface area (Å²) in [6.07, 6.45) is 5.32. The number of anilines is 1. The van der Waals surface area contributed by atoms with Crippen LogP contribution in [0.15, 0.2) is 18.2 Å². The number of aromatic carboxylic acids is 1. The van der Waals surface area contributed by atoms with Crippen LogP contribution < -0.4 is 10.6 Å². The number of nitrogens with one attached hydrogen (secondary N) is 2. The zero-order valence-corrected chi connectivity index (χ0v) is 13.3. The van der Waals surface area contributed by atoms with Crippen LogP contribution >= 0.6 is 11.8 Å². The Labute approximate surface area is 129 Å². The number of hydrogen-bond donors (Lipinski definition) is 3. The summed E-state index contributed by atoms with van der Waals surface area (Å²) >= 11 is 1.83. The van der Waals surface area contributed by atoms with Gasteiger partial charge in [0.25, 0.3) is 0 Å². The monoisotopic (exact) mass is 310 g/mol. The SMILES string of the molecule is CSCCCCCNC(=O)Nc1ccc(C(=O)O)c(C)c1. The van der Waals surface area contributed by atoms with Gasteiger partial charge >= 0.3 is 12.0 Å². The lowest BCUT2D eigenvalue weighted by atomic mass is 10.1. The lowest BCUT2D eigenvalue weighted by Gasteiger charge is -2.09. The minimum absolute atomic E-state index is 0.245. The van der Waals surface area contributed by atoms with Gasteiger partial charge in [-0.2, -0.15) is 11.8 Å². The van der Waals surface area contributed by atoms with E-state index in [1.807, 2.05) is 11.8 Å². The van der Waals surface area contributed by atoms with E-state index in [9.17, 15) is 9.59 Å². The number of unbranched alkanes of at least 4 members (excludes halogenated alkanes) is 2. The van der Waals surface area contributed by atoms with Gasteiger partial charge in [0.2, 0.25) is 0 Å². The summed E-state index contributed by atoms with van der Waals surface area (Å²) in [4.78, 5) is 22.6. The maximum Gasteiger partial charge on any atom is 0.335 e. The molecule has 0 unspecified atom stereocenters. The third-order valence-electron chi connectivity index (χ3n) is 3.03. The van der Waals surface area contributed by atoms with E-state index in [1.54, 1.807) is 19.1 Å². The number of carbonyl (C=O) groups excluding carboxylic acids is 1. The summed E-state index contributed by atoms with van der Waals surface area (Å²) in [6, 6.07) is 4.48. The van der Waals surface area contributed by atoms with Crippen LogP contribution in [-0.2, 0) is 0 Å². The van der Waals surface area contributed by atoms with Gasteiger partial charge < -0.3 is 15.7 Å². The fourth-order valence-electron chi connectivity index (χ4n) is 1.91. The normalized spacial score (nSPS) is 10.2. The van der Waals surface area contributed by atoms with Crippen molar-refractivity contribution in [3.63, 3.8) is 0 Å². The van der Waals surface area contributed by atoms with Crippen LogP contribution in [0, 0.1) is 6.92 Å². The molecular weight excluding hydrogens is 288 g/mol. The van der Waals surface area contributed by atoms with Gasteiger partial charge in [0.15, 0.2) is 0 Å². The number of benzene rings is 1. The second-order valence-electron chi connectivity index (χ2n) is 4.77. The number of carboxylic acid groups (broad SMARTS) is 1. The number of hydrogen-bond acceptors (Lipinski definition) is 3. The molecule has 2 amide bonds. The average Bonchev–Trinajstić information content (AvgIpc) is 2.42. The quantitative estimate of drug-likeness (QED) is 0.643. The molecule has 0 aliphatic rings. The van der Waals surface area contributed by atoms with Crippen molar-refractivity contribution in [3.8, 4) is 0 Å². The molecule has 0 spiro atoms. The van der Waals surface area contributed by atoms with Crippen molar-refractivity contribution >= 4 is 29.4 Å². The Bertz CT molecular complexity index is 492. The Hall–Kier alpha value is -1.69. The molecule has 6 heteroatoms. The molecule has 0 bridgehead atoms. The molecule has 0 saturated heterocycles. The van der Waals surface area contributed by atoms with E-state index < -0.39 is 5.97 Å². The summed E-state index contributed by atoms with van der Waals surface area (Å²) in [5, 5.41) is 14.4. The minimum Gasteiger partial charge on any atom is -0.478 e. The molecule has 1 aromatic carbocycles. The highest BCUT2D eigenvalue weighted by Crippen LogP contribution is 2.15. The van der Waals surface area contributed by atoms with E-state index in [2.05, 4.69) is 16.9 Å². The number of urea groups is 1. The van der Waals surface area contributed by atoms with E-state index in [-0.39, 0.29) is 11.6 Å². The van der Waals surface area contributed by atoms with Crippen LogP contribution in [0.2, 0.25) is 0 Å². The molecule has 0 fully saturated rings. The Kier molecular flexibility index (Phi) is 7.68. The molecule has 0 saturated carbocycles. The number of amides is 2. The van der Waals surface area contributed by atoms with Crippen LogP contribution in [0.1, 0.15) is 35.2 Å². The predicted octanol–water partition coefficient (Wildman–Crippen LogP) is 3.35. The van der Waals surface area contributed by atoms with Crippen molar-refractivity contribution in [1.82, 2.24) is 5.32 Å². The maximum atomic E-state index is 11.7. The van der Waals surface area contributed by atoms with Gasteiger partial charge in [0.05, 0.1) is 5.56 Å². The fraction of sp³-hybridized carbons (Fsp3) is 0.467. The van der Waals surface area contributed by atoms with Crippen LogP contribution in [0.5, 0.6) is 0 Å². The second kappa shape index (κ2) is 9.28. The summed E-state index contributed by atoms with van der Waals surface area (Å²) in [5.41, 5.74) is 1.46. The van der Waals surface area contributed by atoms with Gasteiger partial charge in [-0.25, -0.2) is 9.59 Å². The molecule has 0 aliphatic carbocycles. The molecule has 3 N–H and O–H groups in total. The van der Waals surface area contributed by atoms with Crippen LogP contribution in [0.25, 0.3) is 0 Å². The summed E-state index contributed by atoms with van der Waals surface area (Å²) in [6.45, 7) is 2.35. The molecule has 0 aromatic heterocycles. The third-order valence-corrected chi connectivity index (χ3v) is 3.72. The van der Waals surface area contributed by atoms with Crippen LogP contribution in [-0.4, -0.2) is 35.7 Å². The topological polar surface area (TPSA) is 78.4 Å². The van der Waals surface area contributed by atoms with Crippen molar-refractivity contribution in [3.05, 3.63) is 29.3 Å². The minimum atomic E-state index is -0.964. The Morgan fingerprint density at radius 3 is 2.62 bits per heavy atom. The summed E-state index contributed by atoms with van der Waals surface area (Å²) < 4.78 is 0. The second-order valence-corrected chi connectivity index (χ2v) is 5.75. The van der Waals surface area contributed by atoms with Crippen molar-refractivity contribution in [1.29, 1.82) is 0 Å². The lowest BCUT2D eigenvalue weighted by molar-refractivity contribution is 0.0696. The van der Waals surface area contributed by atoms with E-state index in [1.165, 1.54) is 12.5 Å². The lowest BCUT2D eigenvalue weighted by Crippen LogP contribution is -2.29. The van der Waals surface area contributed by atoms with E-state index in [0.29, 0.717) is 17.8 Å². The van der Waals surface area contributed by atoms with Crippen molar-refractivity contribution in [2.75, 3.05) is 23.9 Å². The Morgan fingerprint density at radius 1 is 1.24 bits per heavy atom. The number of thioether (sulfide) groups is 1. The number of carboxylic acids is 1. The van der Waals surface area contributed by atoms with Gasteiger partial charge in [0, 0.05) is 12.2 Å². The molecule has 116 valence electrons. The van der Waals surface area contributed by atoms with Crippen molar-refractivity contribution < 1.29 is 14.7 Å². The molecule has 5 nitrogen and oxygen atoms in total. The molecule has 21 heavy (non-hydrogen) atoms. The van der Waals surface area contributed by atoms with E-state index >= 15 is 0 Å². The van der Waals surface area contributed by atoms with Crippen molar-refractivity contribution in [2.45, 2.75) is 26.2 Å². The first-order valence-electron chi connectivity index (χ1n) is 6.92. The zero-order chi connectivity index (χ0) is 15.7. The largest absolute Gasteiger partial charge is 0.478 e. The first-order chi connectivity index (χ1) is 10.0. The van der Waals surface area contributed by atoms with Crippen LogP contribution in [0.4, 0.5) is 10.5 Å². The van der Waals surface area contributed by atoms with Gasteiger partial charge in [-0.05, 0) is 55.5 Å². The number of rotatable bonds is 8. The first kappa shape index (κ1) is 17.4. The highest BCUT2D eigenvalue weighted by Gasteiger charge is 2.08. The highest BCUT2D eigenvalue weighted by atomic mass is 32.2. The van der Waals surface area contributed by atoms with E-state index in [4.69, 9.17) is 5.11 Å². The predicted molar refractivity (Wildman–Crippen MR) is 87.4 cm³/mol. The number of aryl methyl sites for hydroxylation is 1.